The molecule has 3 rings (SSSR count). The molecule has 1 amide bonds. The highest BCUT2D eigenvalue weighted by molar-refractivity contribution is 7.13. The molecule has 21 heavy (non-hydrogen) atoms. The van der Waals surface area contributed by atoms with Gasteiger partial charge in [0.15, 0.2) is 0 Å². The predicted molar refractivity (Wildman–Crippen MR) is 82.3 cm³/mol. The topological polar surface area (TPSA) is 58.4 Å². The van der Waals surface area contributed by atoms with E-state index in [0.717, 1.165) is 48.9 Å². The van der Waals surface area contributed by atoms with E-state index in [2.05, 4.69) is 10.3 Å². The van der Waals surface area contributed by atoms with Crippen molar-refractivity contribution < 1.29 is 9.21 Å². The van der Waals surface area contributed by atoms with E-state index in [4.69, 9.17) is 4.42 Å². The number of nitrogens with zero attached hydrogens (tertiary/aromatic N) is 2. The molecule has 0 aliphatic carbocycles. The van der Waals surface area contributed by atoms with Crippen LogP contribution in [-0.4, -0.2) is 42.0 Å². The number of aryl methyl sites for hydroxylation is 1. The average molecular weight is 305 g/mol. The second kappa shape index (κ2) is 6.41. The zero-order chi connectivity index (χ0) is 14.7. The summed E-state index contributed by atoms with van der Waals surface area (Å²) in [5, 5.41) is 5.29. The third-order valence-corrected chi connectivity index (χ3v) is 4.49. The molecule has 112 valence electrons. The quantitative estimate of drug-likeness (QED) is 0.943. The van der Waals surface area contributed by atoms with Crippen LogP contribution < -0.4 is 5.32 Å². The Morgan fingerprint density at radius 2 is 2.38 bits per heavy atom. The van der Waals surface area contributed by atoms with E-state index in [1.165, 1.54) is 0 Å². The van der Waals surface area contributed by atoms with Crippen molar-refractivity contribution >= 4 is 17.2 Å². The second-order valence-corrected chi connectivity index (χ2v) is 6.11. The highest BCUT2D eigenvalue weighted by atomic mass is 32.1. The maximum absolute atomic E-state index is 12.4. The monoisotopic (exact) mass is 305 g/mol. The SMILES string of the molecule is Cc1oc(-c2cccs2)nc1CC(=O)N1CCCNCC1. The van der Waals surface area contributed by atoms with Crippen LogP contribution in [0.3, 0.4) is 0 Å². The standard InChI is InChI=1S/C15H19N3O2S/c1-11-12(17-15(20-11)13-4-2-9-21-13)10-14(19)18-7-3-5-16-6-8-18/h2,4,9,16H,3,5-8,10H2,1H3. The Kier molecular flexibility index (Phi) is 4.36. The molecule has 0 bridgehead atoms. The van der Waals surface area contributed by atoms with Gasteiger partial charge in [-0.1, -0.05) is 6.07 Å². The molecular formula is C15H19N3O2S. The normalized spacial score (nSPS) is 16.0. The Morgan fingerprint density at radius 3 is 3.19 bits per heavy atom. The summed E-state index contributed by atoms with van der Waals surface area (Å²) in [6, 6.07) is 3.94. The van der Waals surface area contributed by atoms with Gasteiger partial charge in [0.1, 0.15) is 5.76 Å². The molecule has 0 spiro atoms. The summed E-state index contributed by atoms with van der Waals surface area (Å²) >= 11 is 1.59. The number of hydrogen-bond acceptors (Lipinski definition) is 5. The van der Waals surface area contributed by atoms with Crippen LogP contribution in [0, 0.1) is 6.92 Å². The van der Waals surface area contributed by atoms with Crippen LogP contribution in [0.25, 0.3) is 10.8 Å². The molecule has 0 aromatic carbocycles. The highest BCUT2D eigenvalue weighted by Gasteiger charge is 2.20. The molecule has 0 unspecified atom stereocenters. The van der Waals surface area contributed by atoms with Crippen LogP contribution in [0.1, 0.15) is 17.9 Å². The summed E-state index contributed by atoms with van der Waals surface area (Å²) in [7, 11) is 0. The largest absolute Gasteiger partial charge is 0.440 e. The lowest BCUT2D eigenvalue weighted by Gasteiger charge is -2.19. The molecule has 5 nitrogen and oxygen atoms in total. The number of rotatable bonds is 3. The van der Waals surface area contributed by atoms with Gasteiger partial charge in [-0.25, -0.2) is 4.98 Å². The number of amides is 1. The molecule has 6 heteroatoms. The molecule has 1 aliphatic rings. The summed E-state index contributed by atoms with van der Waals surface area (Å²) in [6.45, 7) is 5.31. The molecule has 0 saturated carbocycles. The van der Waals surface area contributed by atoms with Gasteiger partial charge in [-0.15, -0.1) is 11.3 Å². The number of oxazole rings is 1. The zero-order valence-corrected chi connectivity index (χ0v) is 12.9. The van der Waals surface area contributed by atoms with Crippen molar-refractivity contribution in [3.05, 3.63) is 29.0 Å². The Labute approximate surface area is 128 Å². The van der Waals surface area contributed by atoms with Gasteiger partial charge >= 0.3 is 0 Å². The lowest BCUT2D eigenvalue weighted by atomic mass is 10.2. The molecule has 0 radical (unpaired) electrons. The summed E-state index contributed by atoms with van der Waals surface area (Å²) in [5.41, 5.74) is 0.751. The zero-order valence-electron chi connectivity index (χ0n) is 12.1. The summed E-state index contributed by atoms with van der Waals surface area (Å²) in [4.78, 5) is 19.8. The molecule has 0 atom stereocenters. The Bertz CT molecular complexity index is 598. The first-order chi connectivity index (χ1) is 10.2. The smallest absolute Gasteiger partial charge is 0.236 e. The third kappa shape index (κ3) is 3.33. The second-order valence-electron chi connectivity index (χ2n) is 5.16. The molecule has 1 fully saturated rings. The Morgan fingerprint density at radius 1 is 1.48 bits per heavy atom. The minimum absolute atomic E-state index is 0.132. The van der Waals surface area contributed by atoms with Gasteiger partial charge in [-0.05, 0) is 31.3 Å². The van der Waals surface area contributed by atoms with E-state index in [9.17, 15) is 4.79 Å². The minimum atomic E-state index is 0.132. The number of nitrogens with one attached hydrogen (secondary N) is 1. The van der Waals surface area contributed by atoms with E-state index in [-0.39, 0.29) is 5.91 Å². The van der Waals surface area contributed by atoms with Crippen LogP contribution in [-0.2, 0) is 11.2 Å². The molecule has 2 aromatic rings. The Balaban J connectivity index is 1.71. The first-order valence-corrected chi connectivity index (χ1v) is 8.10. The van der Waals surface area contributed by atoms with E-state index in [1.807, 2.05) is 29.3 Å². The summed E-state index contributed by atoms with van der Waals surface area (Å²) < 4.78 is 5.69. The van der Waals surface area contributed by atoms with Crippen molar-refractivity contribution in [3.8, 4) is 10.8 Å². The number of hydrogen-bond donors (Lipinski definition) is 1. The van der Waals surface area contributed by atoms with Crippen LogP contribution in [0.4, 0.5) is 0 Å². The number of carbonyl (C=O) groups is 1. The number of aromatic nitrogens is 1. The van der Waals surface area contributed by atoms with Gasteiger partial charge in [0.2, 0.25) is 11.8 Å². The van der Waals surface area contributed by atoms with Gasteiger partial charge in [-0.2, -0.15) is 0 Å². The predicted octanol–water partition coefficient (Wildman–Crippen LogP) is 2.08. The summed E-state index contributed by atoms with van der Waals surface area (Å²) in [6.07, 6.45) is 1.32. The van der Waals surface area contributed by atoms with Crippen molar-refractivity contribution in [1.29, 1.82) is 0 Å². The summed E-state index contributed by atoms with van der Waals surface area (Å²) in [5.74, 6) is 1.48. The van der Waals surface area contributed by atoms with Crippen LogP contribution >= 0.6 is 11.3 Å². The maximum atomic E-state index is 12.4. The van der Waals surface area contributed by atoms with Gasteiger partial charge in [0.25, 0.3) is 0 Å². The van der Waals surface area contributed by atoms with Crippen molar-refractivity contribution in [2.24, 2.45) is 0 Å². The average Bonchev–Trinajstić information content (AvgIpc) is 3.02. The van der Waals surface area contributed by atoms with Crippen molar-refractivity contribution in [2.45, 2.75) is 19.8 Å². The van der Waals surface area contributed by atoms with Gasteiger partial charge in [0, 0.05) is 19.6 Å². The van der Waals surface area contributed by atoms with Crippen molar-refractivity contribution in [2.75, 3.05) is 26.2 Å². The fourth-order valence-corrected chi connectivity index (χ4v) is 3.10. The van der Waals surface area contributed by atoms with Gasteiger partial charge in [-0.3, -0.25) is 4.79 Å². The molecule has 1 aliphatic heterocycles. The fourth-order valence-electron chi connectivity index (χ4n) is 2.45. The van der Waals surface area contributed by atoms with E-state index < -0.39 is 0 Å². The van der Waals surface area contributed by atoms with Crippen molar-refractivity contribution in [3.63, 3.8) is 0 Å². The molecule has 2 aromatic heterocycles. The maximum Gasteiger partial charge on any atom is 0.236 e. The first-order valence-electron chi connectivity index (χ1n) is 7.23. The van der Waals surface area contributed by atoms with Crippen LogP contribution in [0.2, 0.25) is 0 Å². The van der Waals surface area contributed by atoms with Crippen LogP contribution in [0.5, 0.6) is 0 Å². The van der Waals surface area contributed by atoms with E-state index >= 15 is 0 Å². The lowest BCUT2D eigenvalue weighted by molar-refractivity contribution is -0.130. The lowest BCUT2D eigenvalue weighted by Crippen LogP contribution is -2.35. The minimum Gasteiger partial charge on any atom is -0.440 e. The van der Waals surface area contributed by atoms with E-state index in [1.54, 1.807) is 11.3 Å². The van der Waals surface area contributed by atoms with Gasteiger partial charge < -0.3 is 14.6 Å². The van der Waals surface area contributed by atoms with Gasteiger partial charge in [0.05, 0.1) is 17.0 Å². The number of thiophene rings is 1. The molecule has 1 saturated heterocycles. The highest BCUT2D eigenvalue weighted by Crippen LogP contribution is 2.26. The number of carbonyl (C=O) groups excluding carboxylic acids is 1. The Hall–Kier alpha value is -1.66. The molecule has 3 heterocycles. The first kappa shape index (κ1) is 14.3. The molecular weight excluding hydrogens is 286 g/mol. The van der Waals surface area contributed by atoms with Crippen LogP contribution in [0.15, 0.2) is 21.9 Å². The molecule has 1 N–H and O–H groups in total. The fraction of sp³-hybridized carbons (Fsp3) is 0.467. The third-order valence-electron chi connectivity index (χ3n) is 3.64. The van der Waals surface area contributed by atoms with E-state index in [0.29, 0.717) is 12.3 Å². The van der Waals surface area contributed by atoms with Crippen molar-refractivity contribution in [1.82, 2.24) is 15.2 Å².